The zero-order valence-electron chi connectivity index (χ0n) is 15.2. The van der Waals surface area contributed by atoms with Crippen LogP contribution in [0.2, 0.25) is 0 Å². The summed E-state index contributed by atoms with van der Waals surface area (Å²) in [6.45, 7) is 0.766. The van der Waals surface area contributed by atoms with Gasteiger partial charge in [0.25, 0.3) is 5.91 Å². The van der Waals surface area contributed by atoms with Gasteiger partial charge in [-0.15, -0.1) is 0 Å². The first-order valence-electron chi connectivity index (χ1n) is 9.04. The Morgan fingerprint density at radius 3 is 3.04 bits per heavy atom. The number of aromatic nitrogens is 5. The van der Waals surface area contributed by atoms with Crippen molar-refractivity contribution in [3.63, 3.8) is 0 Å². The van der Waals surface area contributed by atoms with Crippen molar-refractivity contribution >= 4 is 11.4 Å². The first kappa shape index (κ1) is 16.5. The zero-order valence-corrected chi connectivity index (χ0v) is 15.2. The first-order valence-corrected chi connectivity index (χ1v) is 9.04. The van der Waals surface area contributed by atoms with E-state index in [0.29, 0.717) is 11.4 Å². The number of rotatable bonds is 4. The molecule has 0 saturated heterocycles. The molecule has 1 amide bonds. The summed E-state index contributed by atoms with van der Waals surface area (Å²) in [5.74, 6) is 0.433. The third-order valence-corrected chi connectivity index (χ3v) is 4.98. The summed E-state index contributed by atoms with van der Waals surface area (Å²) in [7, 11) is 1.59. The van der Waals surface area contributed by atoms with Gasteiger partial charge in [-0.3, -0.25) is 9.48 Å². The zero-order chi connectivity index (χ0) is 19.1. The fourth-order valence-corrected chi connectivity index (χ4v) is 3.57. The largest absolute Gasteiger partial charge is 0.481 e. The molecule has 4 aromatic rings. The third kappa shape index (κ3) is 2.79. The molecule has 0 spiro atoms. The number of amides is 1. The second-order valence-corrected chi connectivity index (χ2v) is 6.70. The number of nitrogens with one attached hydrogen (secondary N) is 1. The summed E-state index contributed by atoms with van der Waals surface area (Å²) >= 11 is 0. The van der Waals surface area contributed by atoms with Crippen molar-refractivity contribution in [2.75, 3.05) is 7.11 Å². The maximum absolute atomic E-state index is 12.7. The second-order valence-electron chi connectivity index (χ2n) is 6.70. The maximum Gasteiger partial charge on any atom is 0.253 e. The van der Waals surface area contributed by atoms with Crippen LogP contribution in [0.4, 0.5) is 0 Å². The van der Waals surface area contributed by atoms with Gasteiger partial charge in [-0.2, -0.15) is 10.2 Å². The number of fused-ring (bicyclic) bond motifs is 2. The van der Waals surface area contributed by atoms with Gasteiger partial charge >= 0.3 is 0 Å². The molecule has 140 valence electrons. The summed E-state index contributed by atoms with van der Waals surface area (Å²) < 4.78 is 8.84. The number of hydrogen-bond acceptors (Lipinski definition) is 5. The van der Waals surface area contributed by atoms with Crippen LogP contribution in [0.3, 0.4) is 0 Å². The lowest BCUT2D eigenvalue weighted by molar-refractivity contribution is 0.0936. The van der Waals surface area contributed by atoms with Crippen molar-refractivity contribution in [3.05, 3.63) is 66.2 Å². The number of nitrogens with zero attached hydrogens (tertiary/aromatic N) is 5. The predicted molar refractivity (Wildman–Crippen MR) is 102 cm³/mol. The van der Waals surface area contributed by atoms with Crippen LogP contribution >= 0.6 is 0 Å². The minimum absolute atomic E-state index is 0.0755. The van der Waals surface area contributed by atoms with Gasteiger partial charge in [0.2, 0.25) is 5.88 Å². The molecule has 5 rings (SSSR count). The minimum atomic E-state index is -0.114. The van der Waals surface area contributed by atoms with Crippen LogP contribution in [-0.2, 0) is 6.54 Å². The average Bonchev–Trinajstić information content (AvgIpc) is 3.43. The van der Waals surface area contributed by atoms with Gasteiger partial charge in [0, 0.05) is 36.8 Å². The third-order valence-electron chi connectivity index (χ3n) is 4.98. The van der Waals surface area contributed by atoms with Crippen molar-refractivity contribution < 1.29 is 9.53 Å². The molecule has 4 aromatic heterocycles. The van der Waals surface area contributed by atoms with Crippen molar-refractivity contribution in [1.82, 2.24) is 29.7 Å². The Balaban J connectivity index is 1.38. The molecule has 0 saturated carbocycles. The molecule has 0 fully saturated rings. The molecule has 0 radical (unpaired) electrons. The Morgan fingerprint density at radius 2 is 2.18 bits per heavy atom. The van der Waals surface area contributed by atoms with E-state index in [0.717, 1.165) is 35.4 Å². The quantitative estimate of drug-likeness (QED) is 0.593. The van der Waals surface area contributed by atoms with Gasteiger partial charge in [-0.1, -0.05) is 0 Å². The normalized spacial score (nSPS) is 15.5. The number of carbonyl (C=O) groups is 1. The smallest absolute Gasteiger partial charge is 0.253 e. The summed E-state index contributed by atoms with van der Waals surface area (Å²) in [5.41, 5.74) is 4.26. The topological polar surface area (TPSA) is 86.3 Å². The predicted octanol–water partition coefficient (Wildman–Crippen LogP) is 2.48. The second kappa shape index (κ2) is 6.49. The van der Waals surface area contributed by atoms with Gasteiger partial charge in [-0.05, 0) is 36.8 Å². The number of methoxy groups -OCH3 is 1. The van der Waals surface area contributed by atoms with E-state index in [9.17, 15) is 4.79 Å². The fourth-order valence-electron chi connectivity index (χ4n) is 3.57. The SMILES string of the molecule is COc1cc(-c2cc3n(n2)CC[C@H]3NC(=O)c2cc3cccnn3c2)ccn1. The highest BCUT2D eigenvalue weighted by molar-refractivity contribution is 5.95. The van der Waals surface area contributed by atoms with Gasteiger partial charge < -0.3 is 10.1 Å². The summed E-state index contributed by atoms with van der Waals surface area (Å²) in [6, 6.07) is 11.3. The Morgan fingerprint density at radius 1 is 1.25 bits per heavy atom. The van der Waals surface area contributed by atoms with E-state index >= 15 is 0 Å². The highest BCUT2D eigenvalue weighted by Crippen LogP contribution is 2.30. The van der Waals surface area contributed by atoms with Crippen LogP contribution in [-0.4, -0.2) is 37.4 Å². The van der Waals surface area contributed by atoms with E-state index in [-0.39, 0.29) is 11.9 Å². The standard InChI is InChI=1S/C20H18N6O2/c1-28-19-10-13(4-7-21-19)17-11-18-16(5-8-25(18)24-17)23-20(27)14-9-15-3-2-6-22-26(15)12-14/h2-4,6-7,9-12,16H,5,8H2,1H3,(H,23,27)/t16-/m1/s1. The molecule has 28 heavy (non-hydrogen) atoms. The molecule has 0 aliphatic carbocycles. The van der Waals surface area contributed by atoms with E-state index < -0.39 is 0 Å². The van der Waals surface area contributed by atoms with E-state index in [1.165, 1.54) is 0 Å². The van der Waals surface area contributed by atoms with Crippen LogP contribution in [0, 0.1) is 0 Å². The molecular weight excluding hydrogens is 356 g/mol. The van der Waals surface area contributed by atoms with Gasteiger partial charge in [0.1, 0.15) is 0 Å². The van der Waals surface area contributed by atoms with E-state index in [4.69, 9.17) is 4.74 Å². The number of carbonyl (C=O) groups excluding carboxylic acids is 1. The Kier molecular flexibility index (Phi) is 3.82. The number of ether oxygens (including phenoxy) is 1. The van der Waals surface area contributed by atoms with E-state index in [1.807, 2.05) is 41.1 Å². The molecule has 5 heterocycles. The van der Waals surface area contributed by atoms with Gasteiger partial charge in [0.15, 0.2) is 0 Å². The van der Waals surface area contributed by atoms with Crippen LogP contribution in [0.5, 0.6) is 5.88 Å². The Labute approximate surface area is 160 Å². The number of pyridine rings is 1. The van der Waals surface area contributed by atoms with Crippen molar-refractivity contribution in [3.8, 4) is 17.1 Å². The van der Waals surface area contributed by atoms with Crippen molar-refractivity contribution in [2.24, 2.45) is 0 Å². The van der Waals surface area contributed by atoms with Crippen LogP contribution in [0.25, 0.3) is 16.8 Å². The van der Waals surface area contributed by atoms with Crippen molar-refractivity contribution in [2.45, 2.75) is 19.0 Å². The first-order chi connectivity index (χ1) is 13.7. The van der Waals surface area contributed by atoms with Crippen LogP contribution < -0.4 is 10.1 Å². The number of hydrogen-bond donors (Lipinski definition) is 1. The Bertz CT molecular complexity index is 1150. The van der Waals surface area contributed by atoms with Crippen LogP contribution in [0.1, 0.15) is 28.5 Å². The molecule has 0 unspecified atom stereocenters. The Hall–Kier alpha value is -3.68. The average molecular weight is 374 g/mol. The van der Waals surface area contributed by atoms with Crippen molar-refractivity contribution in [1.29, 1.82) is 0 Å². The fraction of sp³-hybridized carbons (Fsp3) is 0.200. The molecule has 8 nitrogen and oxygen atoms in total. The number of aryl methyl sites for hydroxylation is 1. The molecule has 0 bridgehead atoms. The lowest BCUT2D eigenvalue weighted by Gasteiger charge is -2.10. The van der Waals surface area contributed by atoms with E-state index in [1.54, 1.807) is 30.2 Å². The molecule has 1 N–H and O–H groups in total. The highest BCUT2D eigenvalue weighted by Gasteiger charge is 2.27. The molecule has 1 aliphatic heterocycles. The highest BCUT2D eigenvalue weighted by atomic mass is 16.5. The molecule has 0 aromatic carbocycles. The minimum Gasteiger partial charge on any atom is -0.481 e. The summed E-state index contributed by atoms with van der Waals surface area (Å²) in [4.78, 5) is 16.9. The van der Waals surface area contributed by atoms with E-state index in [2.05, 4.69) is 20.5 Å². The summed E-state index contributed by atoms with van der Waals surface area (Å²) in [6.07, 6.45) is 5.95. The lowest BCUT2D eigenvalue weighted by atomic mass is 10.1. The maximum atomic E-state index is 12.7. The monoisotopic (exact) mass is 374 g/mol. The molecule has 1 atom stereocenters. The molecular formula is C20H18N6O2. The summed E-state index contributed by atoms with van der Waals surface area (Å²) in [5, 5.41) is 12.0. The van der Waals surface area contributed by atoms with Gasteiger partial charge in [-0.25, -0.2) is 9.50 Å². The lowest BCUT2D eigenvalue weighted by Crippen LogP contribution is -2.26. The molecule has 1 aliphatic rings. The van der Waals surface area contributed by atoms with Crippen LogP contribution in [0.15, 0.2) is 55.0 Å². The van der Waals surface area contributed by atoms with Gasteiger partial charge in [0.05, 0.1) is 35.6 Å². The molecule has 8 heteroatoms.